The van der Waals surface area contributed by atoms with Crippen LogP contribution in [-0.4, -0.2) is 12.5 Å². The minimum Gasteiger partial charge on any atom is -0.355 e. The molecule has 0 radical (unpaired) electrons. The highest BCUT2D eigenvalue weighted by Gasteiger charge is 2.83. The molecule has 7 aliphatic rings. The standard InChI is InChI=1S/C20H29NO/c22-19(11-4-2-1-3-5-11)21-10-20-14-8-6-12-16(14)17-13(18(12)20)7-9-15(17)20/h11-18H,1-10H2,(H,21,22). The van der Waals surface area contributed by atoms with E-state index in [2.05, 4.69) is 5.32 Å². The van der Waals surface area contributed by atoms with E-state index in [1.807, 2.05) is 0 Å². The molecule has 1 N–H and O–H groups in total. The Kier molecular flexibility index (Phi) is 2.40. The lowest BCUT2D eigenvalue weighted by Crippen LogP contribution is -2.50. The zero-order valence-corrected chi connectivity index (χ0v) is 13.6. The van der Waals surface area contributed by atoms with Crippen LogP contribution in [0.2, 0.25) is 0 Å². The summed E-state index contributed by atoms with van der Waals surface area (Å²) < 4.78 is 0. The van der Waals surface area contributed by atoms with E-state index >= 15 is 0 Å². The van der Waals surface area contributed by atoms with Crippen LogP contribution in [0.5, 0.6) is 0 Å². The lowest BCUT2D eigenvalue weighted by Gasteiger charge is -2.47. The average molecular weight is 299 g/mol. The number of nitrogens with one attached hydrogen (secondary N) is 1. The molecule has 2 nitrogen and oxygen atoms in total. The molecule has 1 amide bonds. The smallest absolute Gasteiger partial charge is 0.223 e. The van der Waals surface area contributed by atoms with Crippen molar-refractivity contribution < 1.29 is 4.79 Å². The van der Waals surface area contributed by atoms with Gasteiger partial charge < -0.3 is 5.32 Å². The van der Waals surface area contributed by atoms with E-state index in [9.17, 15) is 4.79 Å². The molecule has 7 rings (SSSR count). The van der Waals surface area contributed by atoms with Crippen LogP contribution < -0.4 is 5.32 Å². The molecule has 0 aromatic rings. The first-order chi connectivity index (χ1) is 10.8. The van der Waals surface area contributed by atoms with Gasteiger partial charge in [0.25, 0.3) is 0 Å². The monoisotopic (exact) mass is 299 g/mol. The summed E-state index contributed by atoms with van der Waals surface area (Å²) in [6, 6.07) is 0. The molecular weight excluding hydrogens is 270 g/mol. The van der Waals surface area contributed by atoms with Crippen molar-refractivity contribution in [2.75, 3.05) is 6.54 Å². The fourth-order valence-corrected chi connectivity index (χ4v) is 9.32. The van der Waals surface area contributed by atoms with E-state index < -0.39 is 0 Å². The average Bonchev–Trinajstić information content (AvgIpc) is 3.33. The minimum absolute atomic E-state index is 0.341. The zero-order chi connectivity index (χ0) is 14.5. The second kappa shape index (κ2) is 4.11. The number of hydrogen-bond acceptors (Lipinski definition) is 1. The van der Waals surface area contributed by atoms with Crippen molar-refractivity contribution >= 4 is 5.91 Å². The molecule has 0 aromatic carbocycles. The Morgan fingerprint density at radius 1 is 0.864 bits per heavy atom. The molecule has 6 unspecified atom stereocenters. The van der Waals surface area contributed by atoms with Crippen molar-refractivity contribution in [3.8, 4) is 0 Å². The molecule has 7 fully saturated rings. The number of carbonyl (C=O) groups excluding carboxylic acids is 1. The summed E-state index contributed by atoms with van der Waals surface area (Å²) in [5.74, 6) is 8.10. The fourth-order valence-electron chi connectivity index (χ4n) is 9.32. The van der Waals surface area contributed by atoms with Gasteiger partial charge in [-0.3, -0.25) is 4.79 Å². The first-order valence-corrected chi connectivity index (χ1v) is 10.1. The normalized spacial score (nSPS) is 57.2. The summed E-state index contributed by atoms with van der Waals surface area (Å²) in [4.78, 5) is 12.6. The highest BCUT2D eigenvalue weighted by atomic mass is 16.1. The van der Waals surface area contributed by atoms with Crippen LogP contribution in [-0.2, 0) is 4.79 Å². The van der Waals surface area contributed by atoms with Gasteiger partial charge >= 0.3 is 0 Å². The summed E-state index contributed by atoms with van der Waals surface area (Å²) in [7, 11) is 0. The molecule has 120 valence electrons. The number of rotatable bonds is 3. The van der Waals surface area contributed by atoms with Crippen molar-refractivity contribution in [1.29, 1.82) is 0 Å². The molecular formula is C20H29NO. The van der Waals surface area contributed by atoms with Crippen molar-refractivity contribution in [3.05, 3.63) is 0 Å². The van der Waals surface area contributed by atoms with E-state index in [0.29, 0.717) is 17.2 Å². The number of carbonyl (C=O) groups is 1. The van der Waals surface area contributed by atoms with E-state index in [-0.39, 0.29) is 0 Å². The van der Waals surface area contributed by atoms with Gasteiger partial charge in [0.2, 0.25) is 5.91 Å². The van der Waals surface area contributed by atoms with Gasteiger partial charge in [0, 0.05) is 12.5 Å². The third kappa shape index (κ3) is 1.23. The summed E-state index contributed by atoms with van der Waals surface area (Å²) in [5, 5.41) is 3.50. The molecule has 7 saturated carbocycles. The van der Waals surface area contributed by atoms with Crippen molar-refractivity contribution in [1.82, 2.24) is 5.32 Å². The summed E-state index contributed by atoms with van der Waals surface area (Å²) in [5.41, 5.74) is 0.575. The molecule has 0 aliphatic heterocycles. The second-order valence-corrected chi connectivity index (χ2v) is 9.54. The molecule has 2 heteroatoms. The Hall–Kier alpha value is -0.530. The van der Waals surface area contributed by atoms with Crippen LogP contribution in [0.25, 0.3) is 0 Å². The summed E-state index contributed by atoms with van der Waals surface area (Å²) in [6.07, 6.45) is 12.2. The highest BCUT2D eigenvalue weighted by Crippen LogP contribution is 2.87. The predicted molar refractivity (Wildman–Crippen MR) is 84.9 cm³/mol. The molecule has 8 bridgehead atoms. The molecule has 7 aliphatic carbocycles. The topological polar surface area (TPSA) is 29.1 Å². The van der Waals surface area contributed by atoms with Crippen LogP contribution >= 0.6 is 0 Å². The van der Waals surface area contributed by atoms with Gasteiger partial charge in [-0.15, -0.1) is 0 Å². The van der Waals surface area contributed by atoms with Crippen molar-refractivity contribution in [3.63, 3.8) is 0 Å². The molecule has 0 saturated heterocycles. The Bertz CT molecular complexity index is 496. The third-order valence-corrected chi connectivity index (χ3v) is 9.45. The van der Waals surface area contributed by atoms with Gasteiger partial charge in [0.05, 0.1) is 0 Å². The number of amides is 1. The Morgan fingerprint density at radius 3 is 2.14 bits per heavy atom. The van der Waals surface area contributed by atoms with E-state index in [1.165, 1.54) is 44.9 Å². The predicted octanol–water partition coefficient (Wildman–Crippen LogP) is 3.61. The SMILES string of the molecule is O=C(NCC12C3CCC4C3C3C(CCC31)C42)C1CCCCC1. The minimum atomic E-state index is 0.341. The fraction of sp³-hybridized carbons (Fsp3) is 0.950. The van der Waals surface area contributed by atoms with Gasteiger partial charge in [-0.25, -0.2) is 0 Å². The van der Waals surface area contributed by atoms with Gasteiger partial charge in [-0.05, 0) is 85.4 Å². The lowest BCUT2D eigenvalue weighted by molar-refractivity contribution is -0.127. The van der Waals surface area contributed by atoms with Crippen LogP contribution in [0.1, 0.15) is 57.8 Å². The molecule has 0 aromatic heterocycles. The maximum absolute atomic E-state index is 12.6. The molecule has 0 spiro atoms. The van der Waals surface area contributed by atoms with Gasteiger partial charge in [0.1, 0.15) is 0 Å². The first-order valence-electron chi connectivity index (χ1n) is 10.1. The van der Waals surface area contributed by atoms with Crippen LogP contribution in [0, 0.1) is 52.8 Å². The second-order valence-electron chi connectivity index (χ2n) is 9.54. The maximum atomic E-state index is 12.6. The largest absolute Gasteiger partial charge is 0.355 e. The van der Waals surface area contributed by atoms with Crippen molar-refractivity contribution in [2.24, 2.45) is 52.8 Å². The zero-order valence-electron chi connectivity index (χ0n) is 13.6. The third-order valence-electron chi connectivity index (χ3n) is 9.45. The number of hydrogen-bond donors (Lipinski definition) is 1. The van der Waals surface area contributed by atoms with Crippen LogP contribution in [0.15, 0.2) is 0 Å². The van der Waals surface area contributed by atoms with Gasteiger partial charge in [-0.2, -0.15) is 0 Å². The van der Waals surface area contributed by atoms with Crippen LogP contribution in [0.4, 0.5) is 0 Å². The van der Waals surface area contributed by atoms with Gasteiger partial charge in [-0.1, -0.05) is 19.3 Å². The van der Waals surface area contributed by atoms with Crippen LogP contribution in [0.3, 0.4) is 0 Å². The van der Waals surface area contributed by atoms with E-state index in [4.69, 9.17) is 0 Å². The lowest BCUT2D eigenvalue weighted by atomic mass is 9.59. The quantitative estimate of drug-likeness (QED) is 0.847. The Balaban J connectivity index is 1.24. The van der Waals surface area contributed by atoms with Gasteiger partial charge in [0.15, 0.2) is 0 Å². The molecule has 22 heavy (non-hydrogen) atoms. The molecule has 0 heterocycles. The summed E-state index contributed by atoms with van der Waals surface area (Å²) >= 11 is 0. The van der Waals surface area contributed by atoms with E-state index in [1.54, 1.807) is 0 Å². The first kappa shape index (κ1) is 12.8. The highest BCUT2D eigenvalue weighted by molar-refractivity contribution is 5.78. The van der Waals surface area contributed by atoms with Crippen molar-refractivity contribution in [2.45, 2.75) is 57.8 Å². The Morgan fingerprint density at radius 2 is 1.50 bits per heavy atom. The van der Waals surface area contributed by atoms with E-state index in [0.717, 1.165) is 60.8 Å². The Labute approximate surface area is 133 Å². The molecule has 6 atom stereocenters. The maximum Gasteiger partial charge on any atom is 0.223 e. The summed E-state index contributed by atoms with van der Waals surface area (Å²) in [6.45, 7) is 1.06.